The lowest BCUT2D eigenvalue weighted by Gasteiger charge is -2.35. The molecule has 2 aromatic heterocycles. The number of likely N-dealkylation sites (tertiary alicyclic amines) is 1. The van der Waals surface area contributed by atoms with Gasteiger partial charge in [0.05, 0.1) is 29.9 Å². The van der Waals surface area contributed by atoms with Crippen molar-refractivity contribution in [2.45, 2.75) is 25.2 Å². The molecule has 5 rings (SSSR count). The molecule has 0 N–H and O–H groups in total. The van der Waals surface area contributed by atoms with Gasteiger partial charge in [0.25, 0.3) is 5.91 Å². The third-order valence-electron chi connectivity index (χ3n) is 5.35. The number of hydrogen-bond acceptors (Lipinski definition) is 4. The SMILES string of the molecule is O=C(c1cccs1)N1CC[C@@]2(C1)Cn1c(-c3cccc(F)c3)cnc1CO2. The Labute approximate surface area is 160 Å². The highest BCUT2D eigenvalue weighted by Gasteiger charge is 2.44. The van der Waals surface area contributed by atoms with E-state index < -0.39 is 5.60 Å². The summed E-state index contributed by atoms with van der Waals surface area (Å²) in [6.45, 7) is 2.25. The highest BCUT2D eigenvalue weighted by atomic mass is 32.1. The van der Waals surface area contributed by atoms with E-state index in [9.17, 15) is 9.18 Å². The average molecular weight is 383 g/mol. The van der Waals surface area contributed by atoms with Gasteiger partial charge in [-0.05, 0) is 30.0 Å². The van der Waals surface area contributed by atoms with Gasteiger partial charge in [-0.3, -0.25) is 4.79 Å². The van der Waals surface area contributed by atoms with E-state index in [-0.39, 0.29) is 11.7 Å². The van der Waals surface area contributed by atoms with Crippen molar-refractivity contribution in [1.29, 1.82) is 0 Å². The summed E-state index contributed by atoms with van der Waals surface area (Å²) >= 11 is 1.46. The number of nitrogens with zero attached hydrogens (tertiary/aromatic N) is 3. The van der Waals surface area contributed by atoms with Gasteiger partial charge in [-0.25, -0.2) is 9.37 Å². The third-order valence-corrected chi connectivity index (χ3v) is 6.21. The molecule has 2 aliphatic rings. The van der Waals surface area contributed by atoms with E-state index in [1.165, 1.54) is 23.5 Å². The molecule has 1 aromatic carbocycles. The Bertz CT molecular complexity index is 1000. The van der Waals surface area contributed by atoms with Crippen molar-refractivity contribution in [1.82, 2.24) is 14.5 Å². The van der Waals surface area contributed by atoms with Crippen molar-refractivity contribution in [3.8, 4) is 11.3 Å². The van der Waals surface area contributed by atoms with Crippen molar-refractivity contribution >= 4 is 17.2 Å². The summed E-state index contributed by atoms with van der Waals surface area (Å²) in [7, 11) is 0. The molecule has 1 saturated heterocycles. The van der Waals surface area contributed by atoms with Crippen LogP contribution in [0.5, 0.6) is 0 Å². The van der Waals surface area contributed by atoms with Crippen LogP contribution in [-0.2, 0) is 17.9 Å². The van der Waals surface area contributed by atoms with Gasteiger partial charge in [-0.15, -0.1) is 11.3 Å². The molecule has 3 aromatic rings. The first-order valence-electron chi connectivity index (χ1n) is 8.91. The highest BCUT2D eigenvalue weighted by Crippen LogP contribution is 2.36. The number of hydrogen-bond donors (Lipinski definition) is 0. The molecule has 1 fully saturated rings. The van der Waals surface area contributed by atoms with Crippen molar-refractivity contribution in [3.63, 3.8) is 0 Å². The molecule has 138 valence electrons. The number of rotatable bonds is 2. The number of carbonyl (C=O) groups is 1. The zero-order chi connectivity index (χ0) is 18.4. The molecule has 2 aliphatic heterocycles. The topological polar surface area (TPSA) is 47.4 Å². The first kappa shape index (κ1) is 16.6. The van der Waals surface area contributed by atoms with Gasteiger partial charge in [0.1, 0.15) is 23.8 Å². The van der Waals surface area contributed by atoms with Gasteiger partial charge in [0.2, 0.25) is 0 Å². The van der Waals surface area contributed by atoms with Crippen molar-refractivity contribution in [3.05, 3.63) is 64.5 Å². The Hall–Kier alpha value is -2.51. The molecule has 1 atom stereocenters. The lowest BCUT2D eigenvalue weighted by atomic mass is 10.0. The molecule has 0 saturated carbocycles. The molecule has 5 nitrogen and oxygen atoms in total. The number of imidazole rings is 1. The van der Waals surface area contributed by atoms with Gasteiger partial charge in [0, 0.05) is 12.1 Å². The van der Waals surface area contributed by atoms with E-state index in [2.05, 4.69) is 9.55 Å². The predicted octanol–water partition coefficient (Wildman–Crippen LogP) is 3.57. The quantitative estimate of drug-likeness (QED) is 0.680. The maximum absolute atomic E-state index is 13.7. The molecule has 0 bridgehead atoms. The Morgan fingerprint density at radius 2 is 2.19 bits per heavy atom. The molecule has 4 heterocycles. The van der Waals surface area contributed by atoms with Gasteiger partial charge in [-0.1, -0.05) is 18.2 Å². The summed E-state index contributed by atoms with van der Waals surface area (Å²) in [5.41, 5.74) is 1.27. The second-order valence-corrected chi connectivity index (χ2v) is 8.03. The number of ether oxygens (including phenoxy) is 1. The van der Waals surface area contributed by atoms with Crippen molar-refractivity contribution in [2.24, 2.45) is 0 Å². The smallest absolute Gasteiger partial charge is 0.264 e. The maximum atomic E-state index is 13.7. The molecule has 0 unspecified atom stereocenters. The third kappa shape index (κ3) is 2.87. The largest absolute Gasteiger partial charge is 0.363 e. The minimum Gasteiger partial charge on any atom is -0.363 e. The lowest BCUT2D eigenvalue weighted by Crippen LogP contribution is -2.45. The van der Waals surface area contributed by atoms with E-state index in [0.717, 1.165) is 28.4 Å². The average Bonchev–Trinajstić information content (AvgIpc) is 3.41. The number of thiophene rings is 1. The van der Waals surface area contributed by atoms with E-state index in [1.54, 1.807) is 12.3 Å². The summed E-state index contributed by atoms with van der Waals surface area (Å²) in [6.07, 6.45) is 2.56. The predicted molar refractivity (Wildman–Crippen MR) is 100.0 cm³/mol. The van der Waals surface area contributed by atoms with E-state index in [0.29, 0.717) is 26.2 Å². The molecular formula is C20H18FN3O2S. The van der Waals surface area contributed by atoms with Crippen LogP contribution in [0.4, 0.5) is 4.39 Å². The van der Waals surface area contributed by atoms with Crippen LogP contribution in [-0.4, -0.2) is 39.0 Å². The van der Waals surface area contributed by atoms with Gasteiger partial charge in [0.15, 0.2) is 0 Å². The Morgan fingerprint density at radius 1 is 1.26 bits per heavy atom. The van der Waals surface area contributed by atoms with Crippen LogP contribution in [0.2, 0.25) is 0 Å². The van der Waals surface area contributed by atoms with Crippen molar-refractivity contribution < 1.29 is 13.9 Å². The number of amides is 1. The summed E-state index contributed by atoms with van der Waals surface area (Å²) < 4.78 is 21.9. The van der Waals surface area contributed by atoms with Gasteiger partial charge in [-0.2, -0.15) is 0 Å². The van der Waals surface area contributed by atoms with Crippen LogP contribution in [0.3, 0.4) is 0 Å². The molecular weight excluding hydrogens is 365 g/mol. The first-order chi connectivity index (χ1) is 13.1. The number of benzene rings is 1. The lowest BCUT2D eigenvalue weighted by molar-refractivity contribution is -0.0804. The molecule has 7 heteroatoms. The number of aromatic nitrogens is 2. The van der Waals surface area contributed by atoms with Crippen LogP contribution < -0.4 is 0 Å². The number of fused-ring (bicyclic) bond motifs is 1. The normalized spacial score (nSPS) is 21.6. The summed E-state index contributed by atoms with van der Waals surface area (Å²) in [5, 5.41) is 1.92. The van der Waals surface area contributed by atoms with Gasteiger partial charge < -0.3 is 14.2 Å². The van der Waals surface area contributed by atoms with Gasteiger partial charge >= 0.3 is 0 Å². The van der Waals surface area contributed by atoms with E-state index >= 15 is 0 Å². The fraction of sp³-hybridized carbons (Fsp3) is 0.300. The zero-order valence-electron chi connectivity index (χ0n) is 14.6. The number of halogens is 1. The highest BCUT2D eigenvalue weighted by molar-refractivity contribution is 7.12. The Morgan fingerprint density at radius 3 is 3.00 bits per heavy atom. The minimum atomic E-state index is -0.414. The Kier molecular flexibility index (Phi) is 3.87. The minimum absolute atomic E-state index is 0.0623. The van der Waals surface area contributed by atoms with Crippen LogP contribution in [0.15, 0.2) is 48.0 Å². The fourth-order valence-electron chi connectivity index (χ4n) is 3.96. The zero-order valence-corrected chi connectivity index (χ0v) is 15.4. The van der Waals surface area contributed by atoms with Crippen LogP contribution in [0, 0.1) is 5.82 Å². The van der Waals surface area contributed by atoms with Crippen LogP contribution >= 0.6 is 11.3 Å². The van der Waals surface area contributed by atoms with Crippen molar-refractivity contribution in [2.75, 3.05) is 13.1 Å². The summed E-state index contributed by atoms with van der Waals surface area (Å²) in [4.78, 5) is 19.8. The van der Waals surface area contributed by atoms with Crippen LogP contribution in [0.25, 0.3) is 11.3 Å². The summed E-state index contributed by atoms with van der Waals surface area (Å²) in [5.74, 6) is 0.633. The molecule has 1 spiro atoms. The van der Waals surface area contributed by atoms with E-state index in [1.807, 2.05) is 28.5 Å². The molecule has 0 radical (unpaired) electrons. The first-order valence-corrected chi connectivity index (χ1v) is 9.79. The fourth-order valence-corrected chi connectivity index (χ4v) is 4.65. The monoisotopic (exact) mass is 383 g/mol. The Balaban J connectivity index is 1.41. The second-order valence-electron chi connectivity index (χ2n) is 7.08. The summed E-state index contributed by atoms with van der Waals surface area (Å²) in [6, 6.07) is 10.3. The van der Waals surface area contributed by atoms with E-state index in [4.69, 9.17) is 4.74 Å². The molecule has 27 heavy (non-hydrogen) atoms. The van der Waals surface area contributed by atoms with Crippen LogP contribution in [0.1, 0.15) is 21.9 Å². The molecule has 0 aliphatic carbocycles. The standard InChI is InChI=1S/C20H18FN3O2S/c21-15-4-1-3-14(9-15)16-10-22-18-11-26-20(13-24(16)18)6-7-23(12-20)19(25)17-5-2-8-27-17/h1-5,8-10H,6-7,11-13H2/t20-/m1/s1. The maximum Gasteiger partial charge on any atom is 0.264 e. The second kappa shape index (κ2) is 6.28. The molecule has 1 amide bonds. The number of carbonyl (C=O) groups excluding carboxylic acids is 1.